The summed E-state index contributed by atoms with van der Waals surface area (Å²) in [5.41, 5.74) is 1.88. The first-order valence-electron chi connectivity index (χ1n) is 9.06. The van der Waals surface area contributed by atoms with Gasteiger partial charge in [-0.2, -0.15) is 0 Å². The maximum absolute atomic E-state index is 12.9. The topological polar surface area (TPSA) is 40.6 Å². The average molecular weight is 389 g/mol. The molecule has 1 aliphatic rings. The van der Waals surface area contributed by atoms with Crippen molar-refractivity contribution in [2.45, 2.75) is 19.3 Å². The number of hydrogen-bond acceptors (Lipinski definition) is 2. The molecular formula is C21H22ClFN2O2. The molecule has 2 aromatic rings. The summed E-state index contributed by atoms with van der Waals surface area (Å²) in [6.07, 6.45) is 1.38. The zero-order chi connectivity index (χ0) is 19.2. The van der Waals surface area contributed by atoms with E-state index in [1.807, 2.05) is 29.2 Å². The molecule has 1 heterocycles. The average Bonchev–Trinajstić information content (AvgIpc) is 2.69. The summed E-state index contributed by atoms with van der Waals surface area (Å²) in [6.45, 7) is 2.17. The largest absolute Gasteiger partial charge is 0.339 e. The molecule has 0 atom stereocenters. The lowest BCUT2D eigenvalue weighted by Crippen LogP contribution is -2.51. The number of benzene rings is 2. The number of piperazine rings is 1. The SMILES string of the molecule is O=C(CCc1ccc(Cl)cc1)N1CCN(C(=O)Cc2ccc(F)cc2)CC1. The number of aryl methyl sites for hydroxylation is 1. The summed E-state index contributed by atoms with van der Waals surface area (Å²) in [5, 5.41) is 0.687. The highest BCUT2D eigenvalue weighted by Gasteiger charge is 2.23. The summed E-state index contributed by atoms with van der Waals surface area (Å²) < 4.78 is 12.9. The number of nitrogens with zero attached hydrogens (tertiary/aromatic N) is 2. The van der Waals surface area contributed by atoms with Gasteiger partial charge < -0.3 is 9.80 Å². The lowest BCUT2D eigenvalue weighted by molar-refractivity contribution is -0.139. The van der Waals surface area contributed by atoms with Crippen LogP contribution < -0.4 is 0 Å². The molecule has 6 heteroatoms. The van der Waals surface area contributed by atoms with E-state index in [-0.39, 0.29) is 24.1 Å². The van der Waals surface area contributed by atoms with Crippen LogP contribution in [-0.2, 0) is 22.4 Å². The van der Waals surface area contributed by atoms with Gasteiger partial charge in [0.15, 0.2) is 0 Å². The third kappa shape index (κ3) is 5.54. The zero-order valence-electron chi connectivity index (χ0n) is 15.0. The van der Waals surface area contributed by atoms with Crippen LogP contribution in [0.2, 0.25) is 5.02 Å². The minimum absolute atomic E-state index is 0.00914. The van der Waals surface area contributed by atoms with E-state index in [2.05, 4.69) is 0 Å². The summed E-state index contributed by atoms with van der Waals surface area (Å²) >= 11 is 5.87. The highest BCUT2D eigenvalue weighted by Crippen LogP contribution is 2.13. The van der Waals surface area contributed by atoms with Crippen LogP contribution in [0.5, 0.6) is 0 Å². The van der Waals surface area contributed by atoms with Crippen LogP contribution >= 0.6 is 11.6 Å². The Morgan fingerprint density at radius 2 is 1.33 bits per heavy atom. The monoisotopic (exact) mass is 388 g/mol. The highest BCUT2D eigenvalue weighted by atomic mass is 35.5. The van der Waals surface area contributed by atoms with Crippen LogP contribution in [0.3, 0.4) is 0 Å². The van der Waals surface area contributed by atoms with Crippen molar-refractivity contribution in [2.75, 3.05) is 26.2 Å². The molecule has 27 heavy (non-hydrogen) atoms. The first-order chi connectivity index (χ1) is 13.0. The second-order valence-electron chi connectivity index (χ2n) is 6.69. The molecular weight excluding hydrogens is 367 g/mol. The van der Waals surface area contributed by atoms with Crippen molar-refractivity contribution in [1.82, 2.24) is 9.80 Å². The van der Waals surface area contributed by atoms with E-state index < -0.39 is 0 Å². The molecule has 3 rings (SSSR count). The Morgan fingerprint density at radius 1 is 0.815 bits per heavy atom. The van der Waals surface area contributed by atoms with Gasteiger partial charge in [0.05, 0.1) is 6.42 Å². The van der Waals surface area contributed by atoms with E-state index in [1.54, 1.807) is 17.0 Å². The van der Waals surface area contributed by atoms with Gasteiger partial charge in [-0.1, -0.05) is 35.9 Å². The molecule has 1 aliphatic heterocycles. The van der Waals surface area contributed by atoms with Crippen molar-refractivity contribution in [1.29, 1.82) is 0 Å². The minimum atomic E-state index is -0.308. The van der Waals surface area contributed by atoms with Crippen LogP contribution in [0, 0.1) is 5.82 Å². The summed E-state index contributed by atoms with van der Waals surface area (Å²) in [5.74, 6) is -0.192. The quantitative estimate of drug-likeness (QED) is 0.788. The summed E-state index contributed by atoms with van der Waals surface area (Å²) in [4.78, 5) is 28.4. The molecule has 0 unspecified atom stereocenters. The second-order valence-corrected chi connectivity index (χ2v) is 7.13. The minimum Gasteiger partial charge on any atom is -0.339 e. The lowest BCUT2D eigenvalue weighted by Gasteiger charge is -2.35. The maximum atomic E-state index is 12.9. The predicted molar refractivity (Wildman–Crippen MR) is 103 cm³/mol. The fourth-order valence-corrected chi connectivity index (χ4v) is 3.28. The van der Waals surface area contributed by atoms with Crippen molar-refractivity contribution in [3.8, 4) is 0 Å². The maximum Gasteiger partial charge on any atom is 0.227 e. The molecule has 1 saturated heterocycles. The molecule has 0 spiro atoms. The Labute approximate surface area is 163 Å². The van der Waals surface area contributed by atoms with Gasteiger partial charge in [0.25, 0.3) is 0 Å². The van der Waals surface area contributed by atoms with Gasteiger partial charge in [-0.15, -0.1) is 0 Å². The Hall–Kier alpha value is -2.40. The van der Waals surface area contributed by atoms with Crippen molar-refractivity contribution in [3.63, 3.8) is 0 Å². The van der Waals surface area contributed by atoms with Gasteiger partial charge in [0.2, 0.25) is 11.8 Å². The molecule has 0 aliphatic carbocycles. The van der Waals surface area contributed by atoms with Gasteiger partial charge in [-0.05, 0) is 41.8 Å². The number of carbonyl (C=O) groups is 2. The van der Waals surface area contributed by atoms with Crippen LogP contribution in [0.4, 0.5) is 4.39 Å². The van der Waals surface area contributed by atoms with E-state index in [4.69, 9.17) is 11.6 Å². The molecule has 2 amide bonds. The van der Waals surface area contributed by atoms with Crippen LogP contribution in [0.25, 0.3) is 0 Å². The highest BCUT2D eigenvalue weighted by molar-refractivity contribution is 6.30. The molecule has 4 nitrogen and oxygen atoms in total. The van der Waals surface area contributed by atoms with Gasteiger partial charge in [-0.25, -0.2) is 4.39 Å². The van der Waals surface area contributed by atoms with Crippen LogP contribution in [-0.4, -0.2) is 47.8 Å². The lowest BCUT2D eigenvalue weighted by atomic mass is 10.1. The summed E-state index contributed by atoms with van der Waals surface area (Å²) in [6, 6.07) is 13.5. The van der Waals surface area contributed by atoms with Crippen molar-refractivity contribution >= 4 is 23.4 Å². The number of amides is 2. The Bertz CT molecular complexity index is 785. The van der Waals surface area contributed by atoms with E-state index in [9.17, 15) is 14.0 Å². The molecule has 1 fully saturated rings. The van der Waals surface area contributed by atoms with E-state index in [0.29, 0.717) is 44.0 Å². The van der Waals surface area contributed by atoms with Crippen molar-refractivity contribution in [3.05, 3.63) is 70.5 Å². The van der Waals surface area contributed by atoms with Gasteiger partial charge >= 0.3 is 0 Å². The molecule has 0 N–H and O–H groups in total. The first kappa shape index (κ1) is 19.4. The fraction of sp³-hybridized carbons (Fsp3) is 0.333. The fourth-order valence-electron chi connectivity index (χ4n) is 3.15. The molecule has 2 aromatic carbocycles. The number of halogens is 2. The predicted octanol–water partition coefficient (Wildman–Crippen LogP) is 3.33. The third-order valence-corrected chi connectivity index (χ3v) is 5.05. The van der Waals surface area contributed by atoms with Gasteiger partial charge in [0, 0.05) is 37.6 Å². The molecule has 0 bridgehead atoms. The van der Waals surface area contributed by atoms with Crippen molar-refractivity contribution < 1.29 is 14.0 Å². The second kappa shape index (κ2) is 9.00. The number of carbonyl (C=O) groups excluding carboxylic acids is 2. The third-order valence-electron chi connectivity index (χ3n) is 4.79. The van der Waals surface area contributed by atoms with Gasteiger partial charge in [-0.3, -0.25) is 9.59 Å². The number of hydrogen-bond donors (Lipinski definition) is 0. The first-order valence-corrected chi connectivity index (χ1v) is 9.43. The molecule has 0 saturated carbocycles. The summed E-state index contributed by atoms with van der Waals surface area (Å²) in [7, 11) is 0. The molecule has 142 valence electrons. The Balaban J connectivity index is 1.43. The van der Waals surface area contributed by atoms with E-state index >= 15 is 0 Å². The zero-order valence-corrected chi connectivity index (χ0v) is 15.8. The normalized spacial score (nSPS) is 14.3. The van der Waals surface area contributed by atoms with Crippen LogP contribution in [0.1, 0.15) is 17.5 Å². The number of rotatable bonds is 5. The Morgan fingerprint density at radius 3 is 1.93 bits per heavy atom. The molecule has 0 aromatic heterocycles. The van der Waals surface area contributed by atoms with E-state index in [1.165, 1.54) is 12.1 Å². The van der Waals surface area contributed by atoms with Crippen LogP contribution in [0.15, 0.2) is 48.5 Å². The molecule has 0 radical (unpaired) electrons. The van der Waals surface area contributed by atoms with Crippen molar-refractivity contribution in [2.24, 2.45) is 0 Å². The van der Waals surface area contributed by atoms with E-state index in [0.717, 1.165) is 11.1 Å². The smallest absolute Gasteiger partial charge is 0.227 e. The van der Waals surface area contributed by atoms with Gasteiger partial charge in [0.1, 0.15) is 5.82 Å². The Kier molecular flexibility index (Phi) is 6.45. The standard InChI is InChI=1S/C21H22ClFN2O2/c22-18-6-1-16(2-7-18)5-10-20(26)24-11-13-25(14-12-24)21(27)15-17-3-8-19(23)9-4-17/h1-4,6-9H,5,10-15H2.